The fourth-order valence-corrected chi connectivity index (χ4v) is 1.50. The lowest BCUT2D eigenvalue weighted by atomic mass is 10.3. The number of nitrogens with zero attached hydrogens (tertiary/aromatic N) is 2. The van der Waals surface area contributed by atoms with Gasteiger partial charge in [0.15, 0.2) is 5.69 Å². The minimum absolute atomic E-state index is 0.313. The molecule has 2 aromatic heterocycles. The van der Waals surface area contributed by atoms with Crippen LogP contribution in [0.4, 0.5) is 0 Å². The molecule has 4 nitrogen and oxygen atoms in total. The molecular weight excluding hydrogens is 216 g/mol. The van der Waals surface area contributed by atoms with Crippen LogP contribution in [0.15, 0.2) is 24.7 Å². The van der Waals surface area contributed by atoms with Crippen molar-refractivity contribution in [3.63, 3.8) is 0 Å². The van der Waals surface area contributed by atoms with Gasteiger partial charge < -0.3 is 9.14 Å². The first-order valence-electron chi connectivity index (χ1n) is 4.51. The van der Waals surface area contributed by atoms with Crippen LogP contribution >= 0.6 is 11.6 Å². The molecule has 2 aromatic rings. The molecule has 0 amide bonds. The van der Waals surface area contributed by atoms with Gasteiger partial charge in [0.25, 0.3) is 0 Å². The van der Waals surface area contributed by atoms with Crippen LogP contribution in [0.3, 0.4) is 0 Å². The summed E-state index contributed by atoms with van der Waals surface area (Å²) in [6, 6.07) is 3.45. The number of hydrogen-bond donors (Lipinski definition) is 0. The third-order valence-corrected chi connectivity index (χ3v) is 2.19. The van der Waals surface area contributed by atoms with E-state index in [0.29, 0.717) is 22.8 Å². The number of fused-ring (bicyclic) bond motifs is 1. The molecule has 0 aliphatic carbocycles. The van der Waals surface area contributed by atoms with Gasteiger partial charge in [-0.15, -0.1) is 0 Å². The Kier molecular flexibility index (Phi) is 2.60. The van der Waals surface area contributed by atoms with Gasteiger partial charge >= 0.3 is 5.97 Å². The van der Waals surface area contributed by atoms with Crippen LogP contribution in [0.2, 0.25) is 5.02 Å². The summed E-state index contributed by atoms with van der Waals surface area (Å²) in [7, 11) is 0. The minimum Gasteiger partial charge on any atom is -0.461 e. The largest absolute Gasteiger partial charge is 0.461 e. The maximum atomic E-state index is 11.5. The van der Waals surface area contributed by atoms with Crippen molar-refractivity contribution in [1.82, 2.24) is 9.38 Å². The minimum atomic E-state index is -0.415. The fourth-order valence-electron chi connectivity index (χ4n) is 1.33. The van der Waals surface area contributed by atoms with Crippen molar-refractivity contribution in [3.05, 3.63) is 35.4 Å². The van der Waals surface area contributed by atoms with Gasteiger partial charge in [0.1, 0.15) is 6.33 Å². The van der Waals surface area contributed by atoms with E-state index in [1.165, 1.54) is 6.33 Å². The van der Waals surface area contributed by atoms with Crippen molar-refractivity contribution >= 4 is 23.1 Å². The average Bonchev–Trinajstić information content (AvgIpc) is 2.60. The van der Waals surface area contributed by atoms with Gasteiger partial charge in [0, 0.05) is 6.20 Å². The van der Waals surface area contributed by atoms with Crippen LogP contribution < -0.4 is 0 Å². The monoisotopic (exact) mass is 224 g/mol. The highest BCUT2D eigenvalue weighted by Crippen LogP contribution is 2.15. The predicted molar refractivity (Wildman–Crippen MR) is 56.2 cm³/mol. The summed E-state index contributed by atoms with van der Waals surface area (Å²) in [5.41, 5.74) is 1.01. The van der Waals surface area contributed by atoms with Gasteiger partial charge in [-0.05, 0) is 19.1 Å². The first kappa shape index (κ1) is 9.98. The molecule has 0 N–H and O–H groups in total. The van der Waals surface area contributed by atoms with Gasteiger partial charge in [-0.2, -0.15) is 0 Å². The second-order valence-electron chi connectivity index (χ2n) is 2.95. The average molecular weight is 225 g/mol. The molecule has 0 unspecified atom stereocenters. The van der Waals surface area contributed by atoms with Gasteiger partial charge in [-0.3, -0.25) is 0 Å². The number of halogens is 1. The van der Waals surface area contributed by atoms with Crippen LogP contribution in [0.5, 0.6) is 0 Å². The molecule has 0 aliphatic rings. The van der Waals surface area contributed by atoms with Crippen LogP contribution in [0.25, 0.3) is 5.52 Å². The zero-order valence-corrected chi connectivity index (χ0v) is 8.86. The molecule has 5 heteroatoms. The van der Waals surface area contributed by atoms with Crippen LogP contribution in [0, 0.1) is 0 Å². The second-order valence-corrected chi connectivity index (χ2v) is 3.39. The first-order valence-corrected chi connectivity index (χ1v) is 4.89. The molecule has 0 fully saturated rings. The molecule has 0 aliphatic heterocycles. The van der Waals surface area contributed by atoms with E-state index in [1.807, 2.05) is 0 Å². The zero-order valence-electron chi connectivity index (χ0n) is 8.11. The molecule has 78 valence electrons. The summed E-state index contributed by atoms with van der Waals surface area (Å²) in [6.07, 6.45) is 3.22. The molecule has 2 rings (SSSR count). The molecule has 0 aromatic carbocycles. The van der Waals surface area contributed by atoms with E-state index in [9.17, 15) is 4.79 Å². The number of ether oxygens (including phenoxy) is 1. The molecule has 0 spiro atoms. The van der Waals surface area contributed by atoms with Crippen LogP contribution in [-0.2, 0) is 4.74 Å². The van der Waals surface area contributed by atoms with Crippen molar-refractivity contribution in [1.29, 1.82) is 0 Å². The van der Waals surface area contributed by atoms with E-state index in [2.05, 4.69) is 4.98 Å². The zero-order chi connectivity index (χ0) is 10.8. The summed E-state index contributed by atoms with van der Waals surface area (Å²) in [4.78, 5) is 15.5. The van der Waals surface area contributed by atoms with Crippen molar-refractivity contribution < 1.29 is 9.53 Å². The van der Waals surface area contributed by atoms with E-state index >= 15 is 0 Å². The number of imidazole rings is 1. The highest BCUT2D eigenvalue weighted by Gasteiger charge is 2.13. The van der Waals surface area contributed by atoms with E-state index < -0.39 is 5.97 Å². The summed E-state index contributed by atoms with van der Waals surface area (Å²) >= 11 is 5.80. The van der Waals surface area contributed by atoms with E-state index in [-0.39, 0.29) is 0 Å². The Morgan fingerprint density at radius 1 is 1.60 bits per heavy atom. The quantitative estimate of drug-likeness (QED) is 0.735. The lowest BCUT2D eigenvalue weighted by Crippen LogP contribution is -2.05. The van der Waals surface area contributed by atoms with E-state index in [4.69, 9.17) is 16.3 Å². The number of hydrogen-bond acceptors (Lipinski definition) is 3. The normalized spacial score (nSPS) is 10.5. The SMILES string of the molecule is CCOC(=O)c1ncn2cc(Cl)ccc12. The van der Waals surface area contributed by atoms with Crippen LogP contribution in [-0.4, -0.2) is 22.0 Å². The first-order chi connectivity index (χ1) is 7.22. The summed E-state index contributed by atoms with van der Waals surface area (Å²) in [5.74, 6) is -0.415. The number of esters is 1. The van der Waals surface area contributed by atoms with Gasteiger partial charge in [-0.1, -0.05) is 11.6 Å². The summed E-state index contributed by atoms with van der Waals surface area (Å²) in [5, 5.41) is 0.593. The highest BCUT2D eigenvalue weighted by molar-refractivity contribution is 6.30. The molecule has 0 saturated heterocycles. The second kappa shape index (κ2) is 3.90. The fraction of sp³-hybridized carbons (Fsp3) is 0.200. The highest BCUT2D eigenvalue weighted by atomic mass is 35.5. The Morgan fingerprint density at radius 3 is 3.13 bits per heavy atom. The summed E-state index contributed by atoms with van der Waals surface area (Å²) in [6.45, 7) is 2.10. The van der Waals surface area contributed by atoms with Gasteiger partial charge in [0.05, 0.1) is 17.1 Å². The Labute approximate surface area is 91.4 Å². The molecule has 2 heterocycles. The van der Waals surface area contributed by atoms with Gasteiger partial charge in [-0.25, -0.2) is 9.78 Å². The third-order valence-electron chi connectivity index (χ3n) is 1.96. The lowest BCUT2D eigenvalue weighted by molar-refractivity contribution is 0.0522. The smallest absolute Gasteiger partial charge is 0.359 e. The molecule has 0 atom stereocenters. The van der Waals surface area contributed by atoms with E-state index in [1.54, 1.807) is 29.7 Å². The Balaban J connectivity index is 2.49. The van der Waals surface area contributed by atoms with E-state index in [0.717, 1.165) is 0 Å². The summed E-state index contributed by atoms with van der Waals surface area (Å²) < 4.78 is 6.57. The maximum Gasteiger partial charge on any atom is 0.359 e. The van der Waals surface area contributed by atoms with Crippen LogP contribution in [0.1, 0.15) is 17.4 Å². The van der Waals surface area contributed by atoms with Gasteiger partial charge in [0.2, 0.25) is 0 Å². The molecule has 0 saturated carbocycles. The number of rotatable bonds is 2. The molecule has 15 heavy (non-hydrogen) atoms. The molecule has 0 bridgehead atoms. The molecule has 0 radical (unpaired) electrons. The molecular formula is C10H9ClN2O2. The van der Waals surface area contributed by atoms with Crippen molar-refractivity contribution in [2.45, 2.75) is 6.92 Å². The van der Waals surface area contributed by atoms with Crippen molar-refractivity contribution in [2.24, 2.45) is 0 Å². The number of carbonyl (C=O) groups excluding carboxylic acids is 1. The maximum absolute atomic E-state index is 11.5. The Bertz CT molecular complexity index is 507. The standard InChI is InChI=1S/C10H9ClN2O2/c1-2-15-10(14)9-8-4-3-7(11)5-13(8)6-12-9/h3-6H,2H2,1H3. The number of carbonyl (C=O) groups is 1. The lowest BCUT2D eigenvalue weighted by Gasteiger charge is -1.99. The topological polar surface area (TPSA) is 43.6 Å². The Hall–Kier alpha value is -1.55. The number of pyridine rings is 1. The van der Waals surface area contributed by atoms with Crippen molar-refractivity contribution in [3.8, 4) is 0 Å². The predicted octanol–water partition coefficient (Wildman–Crippen LogP) is 2.16. The third kappa shape index (κ3) is 1.80. The Morgan fingerprint density at radius 2 is 2.40 bits per heavy atom. The van der Waals surface area contributed by atoms with Crippen molar-refractivity contribution in [2.75, 3.05) is 6.61 Å². The number of aromatic nitrogens is 2.